The smallest absolute Gasteiger partial charge is 0.267 e. The van der Waals surface area contributed by atoms with E-state index in [1.165, 1.54) is 44.0 Å². The monoisotopic (exact) mass is 385 g/mol. The Labute approximate surface area is 150 Å². The highest BCUT2D eigenvalue weighted by molar-refractivity contribution is 7.90. The van der Waals surface area contributed by atoms with Crippen molar-refractivity contribution in [1.82, 2.24) is 14.7 Å². The summed E-state index contributed by atoms with van der Waals surface area (Å²) in [5.74, 6) is -0.651. The number of carbonyl (C=O) groups is 1. The molecule has 0 unspecified atom stereocenters. The summed E-state index contributed by atoms with van der Waals surface area (Å²) in [6, 6.07) is 4.12. The maximum absolute atomic E-state index is 12.5. The Kier molecular flexibility index (Phi) is 6.68. The number of rotatable bonds is 8. The number of methoxy groups -OCH3 is 1. The SMILES string of the molecule is COCCOc1ccc(Cl)cc1S(=O)(=O)NC(=O)Cc1cncnc1. The van der Waals surface area contributed by atoms with Crippen LogP contribution in [0.25, 0.3) is 0 Å². The van der Waals surface area contributed by atoms with Gasteiger partial charge in [-0.3, -0.25) is 4.79 Å². The lowest BCUT2D eigenvalue weighted by Gasteiger charge is -2.13. The molecule has 0 bridgehead atoms. The number of hydrogen-bond donors (Lipinski definition) is 1. The normalized spacial score (nSPS) is 11.1. The second-order valence-electron chi connectivity index (χ2n) is 4.88. The van der Waals surface area contributed by atoms with Crippen molar-refractivity contribution in [3.63, 3.8) is 0 Å². The van der Waals surface area contributed by atoms with Gasteiger partial charge in [0, 0.05) is 24.5 Å². The molecule has 0 saturated carbocycles. The Morgan fingerprint density at radius 1 is 1.24 bits per heavy atom. The van der Waals surface area contributed by atoms with Gasteiger partial charge in [-0.15, -0.1) is 0 Å². The van der Waals surface area contributed by atoms with Crippen molar-refractivity contribution in [2.45, 2.75) is 11.3 Å². The summed E-state index contributed by atoms with van der Waals surface area (Å²) in [6.45, 7) is 0.429. The molecule has 2 rings (SSSR count). The molecule has 1 aromatic carbocycles. The second kappa shape index (κ2) is 8.75. The highest BCUT2D eigenvalue weighted by Gasteiger charge is 2.23. The van der Waals surface area contributed by atoms with E-state index in [-0.39, 0.29) is 35.3 Å². The minimum absolute atomic E-state index is 0.0739. The summed E-state index contributed by atoms with van der Waals surface area (Å²) in [7, 11) is -2.66. The van der Waals surface area contributed by atoms with E-state index in [1.54, 1.807) is 0 Å². The van der Waals surface area contributed by atoms with Crippen molar-refractivity contribution in [2.75, 3.05) is 20.3 Å². The van der Waals surface area contributed by atoms with E-state index >= 15 is 0 Å². The molecule has 1 heterocycles. The first-order valence-electron chi connectivity index (χ1n) is 7.13. The van der Waals surface area contributed by atoms with Gasteiger partial charge in [0.05, 0.1) is 13.0 Å². The molecule has 0 aliphatic rings. The van der Waals surface area contributed by atoms with Crippen molar-refractivity contribution < 1.29 is 22.7 Å². The molecule has 0 atom stereocenters. The van der Waals surface area contributed by atoms with Crippen molar-refractivity contribution in [3.05, 3.63) is 47.5 Å². The molecule has 25 heavy (non-hydrogen) atoms. The largest absolute Gasteiger partial charge is 0.490 e. The summed E-state index contributed by atoms with van der Waals surface area (Å²) in [6.07, 6.45) is 3.99. The van der Waals surface area contributed by atoms with Crippen LogP contribution in [0.2, 0.25) is 5.02 Å². The number of sulfonamides is 1. The minimum atomic E-state index is -4.16. The predicted octanol–water partition coefficient (Wildman–Crippen LogP) is 1.20. The van der Waals surface area contributed by atoms with Gasteiger partial charge in [0.25, 0.3) is 10.0 Å². The molecule has 0 aliphatic heterocycles. The third kappa shape index (κ3) is 5.66. The average Bonchev–Trinajstić information content (AvgIpc) is 2.56. The summed E-state index contributed by atoms with van der Waals surface area (Å²) >= 11 is 5.88. The fourth-order valence-electron chi connectivity index (χ4n) is 1.89. The molecule has 0 aliphatic carbocycles. The fraction of sp³-hybridized carbons (Fsp3) is 0.267. The Bertz CT molecular complexity index is 830. The number of ether oxygens (including phenoxy) is 2. The highest BCUT2D eigenvalue weighted by Crippen LogP contribution is 2.27. The highest BCUT2D eigenvalue weighted by atomic mass is 35.5. The van der Waals surface area contributed by atoms with E-state index in [0.29, 0.717) is 5.56 Å². The van der Waals surface area contributed by atoms with Gasteiger partial charge in [-0.2, -0.15) is 0 Å². The first-order valence-corrected chi connectivity index (χ1v) is 8.99. The number of carbonyl (C=O) groups excluding carboxylic acids is 1. The van der Waals surface area contributed by atoms with Gasteiger partial charge < -0.3 is 9.47 Å². The number of hydrogen-bond acceptors (Lipinski definition) is 7. The van der Waals surface area contributed by atoms with Crippen LogP contribution in [0.1, 0.15) is 5.56 Å². The van der Waals surface area contributed by atoms with Gasteiger partial charge in [0.15, 0.2) is 0 Å². The number of halogens is 1. The van der Waals surface area contributed by atoms with Crippen LogP contribution in [0.5, 0.6) is 5.75 Å². The lowest BCUT2D eigenvalue weighted by atomic mass is 10.2. The molecule has 0 saturated heterocycles. The Balaban J connectivity index is 2.17. The van der Waals surface area contributed by atoms with Gasteiger partial charge in [-0.05, 0) is 23.8 Å². The van der Waals surface area contributed by atoms with Crippen LogP contribution in [0.3, 0.4) is 0 Å². The summed E-state index contributed by atoms with van der Waals surface area (Å²) in [4.78, 5) is 19.3. The maximum Gasteiger partial charge on any atom is 0.267 e. The van der Waals surface area contributed by atoms with Crippen LogP contribution < -0.4 is 9.46 Å². The van der Waals surface area contributed by atoms with E-state index in [4.69, 9.17) is 21.1 Å². The lowest BCUT2D eigenvalue weighted by molar-refractivity contribution is -0.118. The van der Waals surface area contributed by atoms with E-state index in [0.717, 1.165) is 0 Å². The molecular weight excluding hydrogens is 370 g/mol. The summed E-state index contributed by atoms with van der Waals surface area (Å²) in [5, 5.41) is 0.198. The zero-order valence-electron chi connectivity index (χ0n) is 13.3. The minimum Gasteiger partial charge on any atom is -0.490 e. The molecule has 0 spiro atoms. The van der Waals surface area contributed by atoms with E-state index in [1.807, 2.05) is 4.72 Å². The second-order valence-corrected chi connectivity index (χ2v) is 6.97. The Morgan fingerprint density at radius 2 is 1.96 bits per heavy atom. The molecule has 0 radical (unpaired) electrons. The van der Waals surface area contributed by atoms with Gasteiger partial charge >= 0.3 is 0 Å². The summed E-state index contributed by atoms with van der Waals surface area (Å²) in [5.41, 5.74) is 0.484. The van der Waals surface area contributed by atoms with Crippen LogP contribution >= 0.6 is 11.6 Å². The third-order valence-electron chi connectivity index (χ3n) is 2.97. The quantitative estimate of drug-likeness (QED) is 0.680. The van der Waals surface area contributed by atoms with Crippen LogP contribution in [-0.4, -0.2) is 44.6 Å². The van der Waals surface area contributed by atoms with Crippen LogP contribution in [-0.2, 0) is 26.0 Å². The molecule has 0 fully saturated rings. The number of nitrogens with one attached hydrogen (secondary N) is 1. The molecule has 1 aromatic heterocycles. The van der Waals surface area contributed by atoms with Gasteiger partial charge in [0.1, 0.15) is 23.6 Å². The molecule has 134 valence electrons. The molecule has 1 N–H and O–H groups in total. The molecular formula is C15H16ClN3O5S. The predicted molar refractivity (Wildman–Crippen MR) is 89.9 cm³/mol. The van der Waals surface area contributed by atoms with E-state index < -0.39 is 15.9 Å². The number of amides is 1. The molecule has 10 heteroatoms. The molecule has 1 amide bonds. The fourth-order valence-corrected chi connectivity index (χ4v) is 3.29. The maximum atomic E-state index is 12.5. The first-order chi connectivity index (χ1) is 11.9. The Hall–Kier alpha value is -2.23. The van der Waals surface area contributed by atoms with Crippen molar-refractivity contribution in [3.8, 4) is 5.75 Å². The zero-order valence-corrected chi connectivity index (χ0v) is 14.9. The van der Waals surface area contributed by atoms with Crippen LogP contribution in [0.4, 0.5) is 0 Å². The van der Waals surface area contributed by atoms with E-state index in [2.05, 4.69) is 9.97 Å². The number of aromatic nitrogens is 2. The van der Waals surface area contributed by atoms with Gasteiger partial charge in [0.2, 0.25) is 5.91 Å². The summed E-state index contributed by atoms with van der Waals surface area (Å²) < 4.78 is 37.2. The van der Waals surface area contributed by atoms with E-state index in [9.17, 15) is 13.2 Å². The van der Waals surface area contributed by atoms with Crippen molar-refractivity contribution in [1.29, 1.82) is 0 Å². The molecule has 8 nitrogen and oxygen atoms in total. The van der Waals surface area contributed by atoms with Gasteiger partial charge in [-0.25, -0.2) is 23.1 Å². The average molecular weight is 386 g/mol. The molecule has 2 aromatic rings. The Morgan fingerprint density at radius 3 is 2.64 bits per heavy atom. The van der Waals surface area contributed by atoms with Gasteiger partial charge in [-0.1, -0.05) is 11.6 Å². The van der Waals surface area contributed by atoms with Crippen molar-refractivity contribution >= 4 is 27.5 Å². The van der Waals surface area contributed by atoms with Crippen LogP contribution in [0, 0.1) is 0 Å². The number of nitrogens with zero attached hydrogens (tertiary/aromatic N) is 2. The topological polar surface area (TPSA) is 107 Å². The van der Waals surface area contributed by atoms with Crippen molar-refractivity contribution in [2.24, 2.45) is 0 Å². The lowest BCUT2D eigenvalue weighted by Crippen LogP contribution is -2.32. The number of benzene rings is 1. The first kappa shape index (κ1) is 19.1. The zero-order chi connectivity index (χ0) is 18.3. The third-order valence-corrected chi connectivity index (χ3v) is 4.60. The standard InChI is InChI=1S/C15H16ClN3O5S/c1-23-4-5-24-13-3-2-12(16)7-14(13)25(21,22)19-15(20)6-11-8-17-10-18-9-11/h2-3,7-10H,4-6H2,1H3,(H,19,20). The van der Waals surface area contributed by atoms with Crippen LogP contribution in [0.15, 0.2) is 41.8 Å².